The molecule has 0 saturated carbocycles. The topological polar surface area (TPSA) is 65.6 Å². The SMILES string of the molecule is OC1CCN(Cc2nnc(N3CCCCC3)o2)CC1. The second-order valence-electron chi connectivity index (χ2n) is 5.53. The second-order valence-corrected chi connectivity index (χ2v) is 5.53. The normalized spacial score (nSPS) is 22.9. The average Bonchev–Trinajstić information content (AvgIpc) is 2.91. The molecule has 2 saturated heterocycles. The molecule has 3 heterocycles. The van der Waals surface area contributed by atoms with E-state index in [0.717, 1.165) is 39.0 Å². The number of anilines is 1. The van der Waals surface area contributed by atoms with Gasteiger partial charge in [-0.05, 0) is 32.1 Å². The van der Waals surface area contributed by atoms with Crippen molar-refractivity contribution in [3.63, 3.8) is 0 Å². The molecule has 1 N–H and O–H groups in total. The van der Waals surface area contributed by atoms with E-state index in [9.17, 15) is 5.11 Å². The predicted octanol–water partition coefficient (Wildman–Crippen LogP) is 1.02. The van der Waals surface area contributed by atoms with Gasteiger partial charge < -0.3 is 14.4 Å². The Hall–Kier alpha value is -1.14. The molecular weight excluding hydrogens is 244 g/mol. The highest BCUT2D eigenvalue weighted by atomic mass is 16.4. The Morgan fingerprint density at radius 3 is 2.53 bits per heavy atom. The first-order valence-electron chi connectivity index (χ1n) is 7.29. The lowest BCUT2D eigenvalue weighted by molar-refractivity contribution is 0.0751. The number of aliphatic hydroxyl groups excluding tert-OH is 1. The number of piperidine rings is 2. The highest BCUT2D eigenvalue weighted by molar-refractivity contribution is 5.24. The first kappa shape index (κ1) is 12.9. The largest absolute Gasteiger partial charge is 0.407 e. The molecule has 1 aromatic heterocycles. The Bertz CT molecular complexity index is 395. The molecule has 6 heteroatoms. The van der Waals surface area contributed by atoms with E-state index < -0.39 is 0 Å². The number of hydrogen-bond acceptors (Lipinski definition) is 6. The summed E-state index contributed by atoms with van der Waals surface area (Å²) in [6, 6.07) is 0.673. The molecule has 1 aromatic rings. The Kier molecular flexibility index (Phi) is 3.98. The predicted molar refractivity (Wildman–Crippen MR) is 70.9 cm³/mol. The molecular formula is C13H22N4O2. The summed E-state index contributed by atoms with van der Waals surface area (Å²) >= 11 is 0. The van der Waals surface area contributed by atoms with Crippen molar-refractivity contribution in [3.8, 4) is 0 Å². The van der Waals surface area contributed by atoms with Crippen LogP contribution in [0.1, 0.15) is 38.0 Å². The van der Waals surface area contributed by atoms with Gasteiger partial charge in [-0.3, -0.25) is 4.90 Å². The van der Waals surface area contributed by atoms with Crippen LogP contribution in [0.25, 0.3) is 0 Å². The first-order chi connectivity index (χ1) is 9.31. The molecule has 0 aromatic carbocycles. The van der Waals surface area contributed by atoms with E-state index in [1.54, 1.807) is 0 Å². The number of nitrogens with zero attached hydrogens (tertiary/aromatic N) is 4. The Balaban J connectivity index is 1.55. The van der Waals surface area contributed by atoms with Gasteiger partial charge in [-0.2, -0.15) is 0 Å². The highest BCUT2D eigenvalue weighted by Crippen LogP contribution is 2.19. The zero-order valence-corrected chi connectivity index (χ0v) is 11.3. The summed E-state index contributed by atoms with van der Waals surface area (Å²) in [5.74, 6) is 0.692. The van der Waals surface area contributed by atoms with Gasteiger partial charge in [0.25, 0.3) is 0 Å². The van der Waals surface area contributed by atoms with Crippen molar-refractivity contribution in [2.45, 2.75) is 44.8 Å². The summed E-state index contributed by atoms with van der Waals surface area (Å²) in [5, 5.41) is 17.8. The fourth-order valence-corrected chi connectivity index (χ4v) is 2.79. The van der Waals surface area contributed by atoms with Crippen LogP contribution in [0.3, 0.4) is 0 Å². The van der Waals surface area contributed by atoms with Gasteiger partial charge in [-0.15, -0.1) is 5.10 Å². The molecule has 3 rings (SSSR count). The monoisotopic (exact) mass is 266 g/mol. The minimum Gasteiger partial charge on any atom is -0.407 e. The van der Waals surface area contributed by atoms with E-state index in [1.807, 2.05) is 0 Å². The van der Waals surface area contributed by atoms with Gasteiger partial charge in [0.1, 0.15) is 0 Å². The summed E-state index contributed by atoms with van der Waals surface area (Å²) in [5.41, 5.74) is 0. The minimum absolute atomic E-state index is 0.136. The standard InChI is InChI=1S/C13H22N4O2/c18-11-4-8-16(9-5-11)10-12-14-15-13(19-12)17-6-2-1-3-7-17/h11,18H,1-10H2. The van der Waals surface area contributed by atoms with Gasteiger partial charge in [0.2, 0.25) is 5.89 Å². The van der Waals surface area contributed by atoms with Crippen LogP contribution in [-0.2, 0) is 6.54 Å². The molecule has 6 nitrogen and oxygen atoms in total. The smallest absolute Gasteiger partial charge is 0.318 e. The maximum Gasteiger partial charge on any atom is 0.318 e. The Morgan fingerprint density at radius 2 is 1.79 bits per heavy atom. The quantitative estimate of drug-likeness (QED) is 0.881. The lowest BCUT2D eigenvalue weighted by Crippen LogP contribution is -2.35. The zero-order chi connectivity index (χ0) is 13.1. The molecule has 0 spiro atoms. The lowest BCUT2D eigenvalue weighted by Gasteiger charge is -2.28. The maximum absolute atomic E-state index is 9.48. The van der Waals surface area contributed by atoms with Crippen molar-refractivity contribution in [3.05, 3.63) is 5.89 Å². The average molecular weight is 266 g/mol. The van der Waals surface area contributed by atoms with Crippen molar-refractivity contribution in [2.75, 3.05) is 31.1 Å². The molecule has 0 amide bonds. The van der Waals surface area contributed by atoms with E-state index in [1.165, 1.54) is 19.3 Å². The van der Waals surface area contributed by atoms with Gasteiger partial charge in [-0.1, -0.05) is 5.10 Å². The number of aromatic nitrogens is 2. The summed E-state index contributed by atoms with van der Waals surface area (Å²) in [6.45, 7) is 4.56. The molecule has 0 aliphatic carbocycles. The van der Waals surface area contributed by atoms with Crippen LogP contribution < -0.4 is 4.90 Å². The van der Waals surface area contributed by atoms with Crippen molar-refractivity contribution in [1.82, 2.24) is 15.1 Å². The second kappa shape index (κ2) is 5.88. The molecule has 2 aliphatic rings. The maximum atomic E-state index is 9.48. The van der Waals surface area contributed by atoms with E-state index >= 15 is 0 Å². The van der Waals surface area contributed by atoms with Crippen LogP contribution in [0.2, 0.25) is 0 Å². The lowest BCUT2D eigenvalue weighted by atomic mass is 10.1. The molecule has 106 valence electrons. The van der Waals surface area contributed by atoms with Gasteiger partial charge in [-0.25, -0.2) is 0 Å². The van der Waals surface area contributed by atoms with Crippen LogP contribution in [0.4, 0.5) is 6.01 Å². The molecule has 0 unspecified atom stereocenters. The minimum atomic E-state index is -0.136. The van der Waals surface area contributed by atoms with Crippen LogP contribution in [-0.4, -0.2) is 52.5 Å². The Labute approximate surface area is 113 Å². The third kappa shape index (κ3) is 3.25. The van der Waals surface area contributed by atoms with Crippen molar-refractivity contribution >= 4 is 6.01 Å². The van der Waals surface area contributed by atoms with E-state index in [4.69, 9.17) is 4.42 Å². The third-order valence-electron chi connectivity index (χ3n) is 4.00. The van der Waals surface area contributed by atoms with Gasteiger partial charge in [0.15, 0.2) is 0 Å². The summed E-state index contributed by atoms with van der Waals surface area (Å²) in [6.07, 6.45) is 5.26. The molecule has 2 aliphatic heterocycles. The van der Waals surface area contributed by atoms with Crippen molar-refractivity contribution < 1.29 is 9.52 Å². The van der Waals surface area contributed by atoms with Crippen LogP contribution in [0, 0.1) is 0 Å². The number of aliphatic hydroxyl groups is 1. The first-order valence-corrected chi connectivity index (χ1v) is 7.29. The van der Waals surface area contributed by atoms with E-state index in [0.29, 0.717) is 18.5 Å². The molecule has 2 fully saturated rings. The molecule has 19 heavy (non-hydrogen) atoms. The molecule has 0 radical (unpaired) electrons. The van der Waals surface area contributed by atoms with Crippen LogP contribution >= 0.6 is 0 Å². The van der Waals surface area contributed by atoms with Gasteiger partial charge in [0, 0.05) is 26.2 Å². The summed E-state index contributed by atoms with van der Waals surface area (Å²) < 4.78 is 5.75. The van der Waals surface area contributed by atoms with E-state index in [2.05, 4.69) is 20.0 Å². The van der Waals surface area contributed by atoms with Crippen molar-refractivity contribution in [1.29, 1.82) is 0 Å². The molecule has 0 bridgehead atoms. The fraction of sp³-hybridized carbons (Fsp3) is 0.846. The Morgan fingerprint density at radius 1 is 1.05 bits per heavy atom. The fourth-order valence-electron chi connectivity index (χ4n) is 2.79. The number of rotatable bonds is 3. The van der Waals surface area contributed by atoms with Crippen LogP contribution in [0.5, 0.6) is 0 Å². The van der Waals surface area contributed by atoms with Gasteiger partial charge >= 0.3 is 6.01 Å². The highest BCUT2D eigenvalue weighted by Gasteiger charge is 2.21. The number of hydrogen-bond donors (Lipinski definition) is 1. The van der Waals surface area contributed by atoms with Crippen molar-refractivity contribution in [2.24, 2.45) is 0 Å². The zero-order valence-electron chi connectivity index (χ0n) is 11.3. The number of likely N-dealkylation sites (tertiary alicyclic amines) is 1. The van der Waals surface area contributed by atoms with Crippen LogP contribution in [0.15, 0.2) is 4.42 Å². The summed E-state index contributed by atoms with van der Waals surface area (Å²) in [7, 11) is 0. The van der Waals surface area contributed by atoms with E-state index in [-0.39, 0.29) is 6.10 Å². The summed E-state index contributed by atoms with van der Waals surface area (Å²) in [4.78, 5) is 4.44. The third-order valence-corrected chi connectivity index (χ3v) is 4.00. The molecule has 0 atom stereocenters. The van der Waals surface area contributed by atoms with Gasteiger partial charge in [0.05, 0.1) is 12.6 Å².